The largest absolute Gasteiger partial charge is 0.491 e. The third-order valence-corrected chi connectivity index (χ3v) is 9.57. The molecule has 2 heterocycles. The minimum atomic E-state index is -3.69. The van der Waals surface area contributed by atoms with Gasteiger partial charge < -0.3 is 35.0 Å². The van der Waals surface area contributed by atoms with Crippen molar-refractivity contribution in [1.82, 2.24) is 10.2 Å². The molecule has 1 aromatic rings. The van der Waals surface area contributed by atoms with Crippen LogP contribution in [0.5, 0.6) is 5.75 Å². The fraction of sp³-hybridized carbons (Fsp3) is 0.682. The molecule has 1 aliphatic carbocycles. The van der Waals surface area contributed by atoms with Gasteiger partial charge in [-0.25, -0.2) is 13.2 Å². The molecule has 2 atom stereocenters. The van der Waals surface area contributed by atoms with E-state index < -0.39 is 33.4 Å². The van der Waals surface area contributed by atoms with Gasteiger partial charge in [-0.3, -0.25) is 0 Å². The number of aliphatic hydroxyl groups is 2. The molecule has 1 saturated carbocycles. The van der Waals surface area contributed by atoms with Gasteiger partial charge in [0, 0.05) is 0 Å². The summed E-state index contributed by atoms with van der Waals surface area (Å²) in [5, 5.41) is 32.9. The second kappa shape index (κ2) is 9.38. The number of rotatable bonds is 9. The zero-order valence-electron chi connectivity index (χ0n) is 18.5. The lowest BCUT2D eigenvalue weighted by atomic mass is 9.88. The molecule has 10 nitrogen and oxygen atoms in total. The molecule has 11 heteroatoms. The minimum Gasteiger partial charge on any atom is -0.491 e. The second-order valence-corrected chi connectivity index (χ2v) is 11.7. The predicted molar refractivity (Wildman–Crippen MR) is 118 cm³/mol. The Labute approximate surface area is 193 Å². The third kappa shape index (κ3) is 4.97. The van der Waals surface area contributed by atoms with Gasteiger partial charge in [0.25, 0.3) is 0 Å². The van der Waals surface area contributed by atoms with E-state index in [1.54, 1.807) is 12.1 Å². The summed E-state index contributed by atoms with van der Waals surface area (Å²) >= 11 is 0. The van der Waals surface area contributed by atoms with E-state index in [-0.39, 0.29) is 35.4 Å². The van der Waals surface area contributed by atoms with Crippen LogP contribution in [0.3, 0.4) is 0 Å². The van der Waals surface area contributed by atoms with Crippen LogP contribution in [0.15, 0.2) is 29.2 Å². The average molecular weight is 485 g/mol. The van der Waals surface area contributed by atoms with Gasteiger partial charge in [0.15, 0.2) is 9.84 Å². The maximum absolute atomic E-state index is 12.8. The molecule has 4 rings (SSSR count). The fourth-order valence-corrected chi connectivity index (χ4v) is 6.58. The number of benzene rings is 1. The van der Waals surface area contributed by atoms with E-state index in [1.807, 2.05) is 0 Å². The van der Waals surface area contributed by atoms with Gasteiger partial charge in [-0.15, -0.1) is 0 Å². The first-order chi connectivity index (χ1) is 15.7. The van der Waals surface area contributed by atoms with E-state index in [9.17, 15) is 28.5 Å². The van der Waals surface area contributed by atoms with E-state index in [1.165, 1.54) is 17.0 Å². The van der Waals surface area contributed by atoms with Gasteiger partial charge in [0.05, 0.1) is 41.0 Å². The maximum atomic E-state index is 12.8. The quantitative estimate of drug-likeness (QED) is 0.396. The van der Waals surface area contributed by atoms with E-state index in [0.29, 0.717) is 25.9 Å². The maximum Gasteiger partial charge on any atom is 0.407 e. The Morgan fingerprint density at radius 2 is 2.00 bits per heavy atom. The molecule has 33 heavy (non-hydrogen) atoms. The molecule has 2 aliphatic heterocycles. The van der Waals surface area contributed by atoms with Crippen molar-refractivity contribution in [2.45, 2.75) is 59.5 Å². The Bertz CT molecular complexity index is 959. The smallest absolute Gasteiger partial charge is 0.407 e. The molecule has 1 amide bonds. The highest BCUT2D eigenvalue weighted by molar-refractivity contribution is 7.93. The van der Waals surface area contributed by atoms with E-state index >= 15 is 0 Å². The number of nitrogens with zero attached hydrogens (tertiary/aromatic N) is 1. The first-order valence-corrected chi connectivity index (χ1v) is 12.8. The number of sulfone groups is 1. The highest BCUT2D eigenvalue weighted by atomic mass is 32.2. The van der Waals surface area contributed by atoms with Crippen molar-refractivity contribution >= 4 is 15.9 Å². The van der Waals surface area contributed by atoms with Crippen molar-refractivity contribution in [1.29, 1.82) is 0 Å². The summed E-state index contributed by atoms with van der Waals surface area (Å²) in [6.45, 7) is 1.22. The normalized spacial score (nSPS) is 24.4. The molecule has 1 aromatic carbocycles. The summed E-state index contributed by atoms with van der Waals surface area (Å²) in [6.07, 6.45) is 0.880. The highest BCUT2D eigenvalue weighted by Gasteiger charge is 2.54. The first kappa shape index (κ1) is 24.2. The van der Waals surface area contributed by atoms with E-state index in [2.05, 4.69) is 5.32 Å². The Kier molecular flexibility index (Phi) is 6.88. The molecule has 0 bridgehead atoms. The predicted octanol–water partition coefficient (Wildman–Crippen LogP) is 0.616. The summed E-state index contributed by atoms with van der Waals surface area (Å²) in [5.41, 5.74) is -0.301. The number of hydrogen-bond donors (Lipinski definition) is 4. The van der Waals surface area contributed by atoms with Crippen LogP contribution in [0.25, 0.3) is 0 Å². The molecule has 3 aliphatic rings. The molecular formula is C22H32N2O8S. The SMILES string of the molecule is O=C(O)N(C[C@H](O)COc1cccc(S(=O)(=O)C2(CO)CC2)c1)[C@@H]1COC2(CCNCC2)C1. The Balaban J connectivity index is 1.35. The van der Waals surface area contributed by atoms with Crippen LogP contribution in [0.2, 0.25) is 0 Å². The second-order valence-electron chi connectivity index (χ2n) is 9.32. The van der Waals surface area contributed by atoms with Crippen molar-refractivity contribution in [3.63, 3.8) is 0 Å². The molecule has 184 valence electrons. The average Bonchev–Trinajstić information content (AvgIpc) is 3.53. The van der Waals surface area contributed by atoms with Gasteiger partial charge in [0.2, 0.25) is 0 Å². The number of nitrogens with one attached hydrogen (secondary N) is 1. The third-order valence-electron chi connectivity index (χ3n) is 7.02. The fourth-order valence-electron chi connectivity index (χ4n) is 4.74. The van der Waals surface area contributed by atoms with Gasteiger partial charge >= 0.3 is 6.09 Å². The van der Waals surface area contributed by atoms with Crippen LogP contribution in [0.4, 0.5) is 4.79 Å². The molecule has 1 spiro atoms. The molecule has 0 unspecified atom stereocenters. The number of aliphatic hydroxyl groups excluding tert-OH is 2. The zero-order chi connectivity index (χ0) is 23.7. The number of ether oxygens (including phenoxy) is 2. The lowest BCUT2D eigenvalue weighted by molar-refractivity contribution is -0.0205. The van der Waals surface area contributed by atoms with Gasteiger partial charge in [-0.1, -0.05) is 6.07 Å². The van der Waals surface area contributed by atoms with Crippen LogP contribution in [0, 0.1) is 0 Å². The van der Waals surface area contributed by atoms with Crippen molar-refractivity contribution in [2.24, 2.45) is 0 Å². The topological polar surface area (TPSA) is 146 Å². The minimum absolute atomic E-state index is 0.0589. The van der Waals surface area contributed by atoms with Crippen LogP contribution in [-0.4, -0.2) is 96.7 Å². The monoisotopic (exact) mass is 484 g/mol. The molecule has 3 fully saturated rings. The van der Waals surface area contributed by atoms with Crippen molar-refractivity contribution in [3.8, 4) is 5.75 Å². The van der Waals surface area contributed by atoms with E-state index in [4.69, 9.17) is 9.47 Å². The van der Waals surface area contributed by atoms with Crippen LogP contribution < -0.4 is 10.1 Å². The Morgan fingerprint density at radius 1 is 1.27 bits per heavy atom. The molecule has 0 aromatic heterocycles. The van der Waals surface area contributed by atoms with Crippen LogP contribution in [0.1, 0.15) is 32.1 Å². The summed E-state index contributed by atoms with van der Waals surface area (Å²) in [6, 6.07) is 5.61. The summed E-state index contributed by atoms with van der Waals surface area (Å²) < 4.78 is 36.0. The van der Waals surface area contributed by atoms with Crippen molar-refractivity contribution in [2.75, 3.05) is 39.5 Å². The number of hydrogen-bond acceptors (Lipinski definition) is 8. The number of piperidine rings is 1. The van der Waals surface area contributed by atoms with E-state index in [0.717, 1.165) is 25.9 Å². The van der Waals surface area contributed by atoms with Crippen molar-refractivity contribution in [3.05, 3.63) is 24.3 Å². The highest BCUT2D eigenvalue weighted by Crippen LogP contribution is 2.46. The lowest BCUT2D eigenvalue weighted by Crippen LogP contribution is -2.47. The summed E-state index contributed by atoms with van der Waals surface area (Å²) in [5.74, 6) is 0.253. The van der Waals surface area contributed by atoms with Gasteiger partial charge in [0.1, 0.15) is 18.5 Å². The van der Waals surface area contributed by atoms with Crippen LogP contribution in [-0.2, 0) is 14.6 Å². The summed E-state index contributed by atoms with van der Waals surface area (Å²) in [4.78, 5) is 13.1. The van der Waals surface area contributed by atoms with Gasteiger partial charge in [-0.05, 0) is 63.4 Å². The number of amides is 1. The lowest BCUT2D eigenvalue weighted by Gasteiger charge is -2.34. The van der Waals surface area contributed by atoms with Crippen LogP contribution >= 0.6 is 0 Å². The zero-order valence-corrected chi connectivity index (χ0v) is 19.3. The molecule has 4 N–H and O–H groups in total. The Hall–Kier alpha value is -1.92. The first-order valence-electron chi connectivity index (χ1n) is 11.3. The summed E-state index contributed by atoms with van der Waals surface area (Å²) in [7, 11) is -3.69. The number of carboxylic acid groups (broad SMARTS) is 1. The van der Waals surface area contributed by atoms with Gasteiger partial charge in [-0.2, -0.15) is 0 Å². The molecular weight excluding hydrogens is 452 g/mol. The number of carbonyl (C=O) groups is 1. The molecule has 2 saturated heterocycles. The Morgan fingerprint density at radius 3 is 2.64 bits per heavy atom. The molecule has 0 radical (unpaired) electrons. The van der Waals surface area contributed by atoms with Crippen molar-refractivity contribution < 1.29 is 38.0 Å². The standard InChI is InChI=1S/C22H32N2O8S/c25-15-22(4-5-22)33(29,30)19-3-1-2-18(10-19)31-14-17(26)12-24(20(27)28)16-11-21(32-13-16)6-8-23-9-7-21/h1-3,10,16-17,23,25-26H,4-9,11-15H2,(H,27,28)/t16-,17-/m0/s1.